The van der Waals surface area contributed by atoms with Gasteiger partial charge in [0.05, 0.1) is 34.5 Å². The standard InChI is InChI=1S/C31H44ClN11O2/c1-10-15-22-16-23(12-3)39(34-22)28-20(8)33-40(30(28)32)29-25(14-5)41(37-27(29)19(6)7)43-31(9,17-26(36-43)42(44)45)38-18-21(11-2)24(13-4)35-38/h16-19,36H,10-15H2,1-9H3. The number of aromatic nitrogens is 8. The molecule has 0 amide bonds. The summed E-state index contributed by atoms with van der Waals surface area (Å²) >= 11 is 7.22. The maximum atomic E-state index is 12.1. The number of nitrogens with one attached hydrogen (secondary N) is 1. The maximum absolute atomic E-state index is 12.1. The molecule has 1 N–H and O–H groups in total. The highest BCUT2D eigenvalue weighted by molar-refractivity contribution is 6.31. The van der Waals surface area contributed by atoms with Gasteiger partial charge in [-0.3, -0.25) is 0 Å². The summed E-state index contributed by atoms with van der Waals surface area (Å²) in [5, 5.41) is 34.0. The van der Waals surface area contributed by atoms with Gasteiger partial charge < -0.3 is 10.1 Å². The molecule has 1 aliphatic heterocycles. The van der Waals surface area contributed by atoms with E-state index in [1.165, 1.54) is 0 Å². The van der Waals surface area contributed by atoms with E-state index in [0.29, 0.717) is 11.6 Å². The summed E-state index contributed by atoms with van der Waals surface area (Å²) in [4.78, 5) is 13.4. The zero-order valence-electron chi connectivity index (χ0n) is 27.7. The van der Waals surface area contributed by atoms with Gasteiger partial charge in [-0.15, -0.1) is 15.3 Å². The third-order valence-electron chi connectivity index (χ3n) is 8.44. The lowest BCUT2D eigenvalue weighted by Crippen LogP contribution is -2.57. The van der Waals surface area contributed by atoms with Crippen molar-refractivity contribution in [3.8, 4) is 11.4 Å². The van der Waals surface area contributed by atoms with Crippen LogP contribution in [0, 0.1) is 17.0 Å². The number of nitro groups is 1. The highest BCUT2D eigenvalue weighted by Crippen LogP contribution is 2.36. The van der Waals surface area contributed by atoms with E-state index < -0.39 is 10.6 Å². The van der Waals surface area contributed by atoms with Gasteiger partial charge in [0.2, 0.25) is 5.66 Å². The van der Waals surface area contributed by atoms with Crippen LogP contribution in [0.15, 0.2) is 24.2 Å². The minimum atomic E-state index is -1.09. The Kier molecular flexibility index (Phi) is 8.85. The number of halogens is 1. The molecular formula is C31H44ClN11O2. The van der Waals surface area contributed by atoms with Crippen molar-refractivity contribution in [1.82, 2.24) is 44.7 Å². The van der Waals surface area contributed by atoms with Crippen LogP contribution in [-0.2, 0) is 37.8 Å². The lowest BCUT2D eigenvalue weighted by Gasteiger charge is -2.32. The highest BCUT2D eigenvalue weighted by Gasteiger charge is 2.48. The molecule has 5 heterocycles. The molecule has 0 saturated heterocycles. The minimum Gasteiger partial charge on any atom is -0.358 e. The van der Waals surface area contributed by atoms with E-state index in [9.17, 15) is 10.1 Å². The molecule has 0 fully saturated rings. The van der Waals surface area contributed by atoms with E-state index in [4.69, 9.17) is 32.0 Å². The van der Waals surface area contributed by atoms with E-state index in [2.05, 4.69) is 53.0 Å². The molecule has 0 aliphatic carbocycles. The summed E-state index contributed by atoms with van der Waals surface area (Å²) in [6.07, 6.45) is 8.32. The Morgan fingerprint density at radius 3 is 2.29 bits per heavy atom. The van der Waals surface area contributed by atoms with Crippen LogP contribution in [0.25, 0.3) is 11.4 Å². The molecule has 0 spiro atoms. The summed E-state index contributed by atoms with van der Waals surface area (Å²) in [6, 6.07) is 2.13. The Bertz CT molecular complexity index is 1740. The van der Waals surface area contributed by atoms with Crippen LogP contribution in [0.1, 0.15) is 107 Å². The van der Waals surface area contributed by atoms with Crippen LogP contribution >= 0.6 is 11.6 Å². The van der Waals surface area contributed by atoms with Crippen molar-refractivity contribution in [2.24, 2.45) is 0 Å². The van der Waals surface area contributed by atoms with Crippen LogP contribution < -0.4 is 10.5 Å². The second kappa shape index (κ2) is 12.3. The molecule has 0 radical (unpaired) electrons. The average molecular weight is 638 g/mol. The van der Waals surface area contributed by atoms with Crippen LogP contribution in [0.4, 0.5) is 0 Å². The van der Waals surface area contributed by atoms with E-state index in [1.54, 1.807) is 25.3 Å². The molecule has 45 heavy (non-hydrogen) atoms. The van der Waals surface area contributed by atoms with Gasteiger partial charge in [-0.05, 0) is 68.4 Å². The van der Waals surface area contributed by atoms with Gasteiger partial charge in [0, 0.05) is 11.9 Å². The summed E-state index contributed by atoms with van der Waals surface area (Å²) in [6.45, 7) is 18.4. The number of nitrogens with zero attached hydrogens (tertiary/aromatic N) is 10. The third kappa shape index (κ3) is 5.30. The zero-order chi connectivity index (χ0) is 32.8. The fourth-order valence-electron chi connectivity index (χ4n) is 6.06. The molecule has 242 valence electrons. The van der Waals surface area contributed by atoms with Gasteiger partial charge in [0.1, 0.15) is 11.4 Å². The molecule has 4 aromatic heterocycles. The van der Waals surface area contributed by atoms with Gasteiger partial charge in [0.25, 0.3) is 0 Å². The number of hydrogen-bond acceptors (Lipinski definition) is 8. The monoisotopic (exact) mass is 637 g/mol. The van der Waals surface area contributed by atoms with Crippen molar-refractivity contribution < 1.29 is 4.92 Å². The third-order valence-corrected chi connectivity index (χ3v) is 8.78. The molecule has 0 saturated carbocycles. The molecule has 1 atom stereocenters. The fourth-order valence-corrected chi connectivity index (χ4v) is 6.40. The zero-order valence-corrected chi connectivity index (χ0v) is 28.5. The highest BCUT2D eigenvalue weighted by atomic mass is 35.5. The quantitative estimate of drug-likeness (QED) is 0.155. The lowest BCUT2D eigenvalue weighted by atomic mass is 10.1. The SMILES string of the molecule is CCCc1cc(CC)n(-c2c(C)nn(-c3c(C(C)C)nn(N4NC([N+](=O)[O-])=CC4(C)n4cc(CC)c(CC)n4)c3CC)c2Cl)n1. The van der Waals surface area contributed by atoms with Crippen molar-refractivity contribution in [1.29, 1.82) is 0 Å². The molecule has 5 rings (SSSR count). The largest absolute Gasteiger partial charge is 0.358 e. The van der Waals surface area contributed by atoms with Crippen molar-refractivity contribution in [3.05, 3.63) is 79.2 Å². The Morgan fingerprint density at radius 1 is 1.00 bits per heavy atom. The van der Waals surface area contributed by atoms with Crippen molar-refractivity contribution in [2.75, 3.05) is 5.12 Å². The van der Waals surface area contributed by atoms with Crippen LogP contribution in [0.5, 0.6) is 0 Å². The molecule has 0 aromatic carbocycles. The van der Waals surface area contributed by atoms with E-state index in [-0.39, 0.29) is 11.7 Å². The fraction of sp³-hybridized carbons (Fsp3) is 0.548. The summed E-state index contributed by atoms with van der Waals surface area (Å²) in [7, 11) is 0. The number of hydrazine groups is 1. The number of aryl methyl sites for hydroxylation is 5. The van der Waals surface area contributed by atoms with E-state index in [1.807, 2.05) is 31.6 Å². The topological polar surface area (TPSA) is 130 Å². The van der Waals surface area contributed by atoms with Gasteiger partial charge in [-0.25, -0.2) is 14.0 Å². The Balaban J connectivity index is 1.71. The molecule has 14 heteroatoms. The maximum Gasteiger partial charge on any atom is 0.341 e. The average Bonchev–Trinajstić information content (AvgIpc) is 3.81. The first-order valence-electron chi connectivity index (χ1n) is 15.9. The molecule has 4 aromatic rings. The van der Waals surface area contributed by atoms with Gasteiger partial charge in [-0.1, -0.05) is 66.5 Å². The molecular weight excluding hydrogens is 594 g/mol. The van der Waals surface area contributed by atoms with E-state index in [0.717, 1.165) is 83.2 Å². The lowest BCUT2D eigenvalue weighted by molar-refractivity contribution is -0.431. The minimum absolute atomic E-state index is 0.0115. The first kappa shape index (κ1) is 32.3. The van der Waals surface area contributed by atoms with Crippen molar-refractivity contribution >= 4 is 11.6 Å². The van der Waals surface area contributed by atoms with Gasteiger partial charge in [0.15, 0.2) is 5.15 Å². The summed E-state index contributed by atoms with van der Waals surface area (Å²) < 4.78 is 5.45. The van der Waals surface area contributed by atoms with Gasteiger partial charge >= 0.3 is 5.82 Å². The van der Waals surface area contributed by atoms with Crippen LogP contribution in [0.3, 0.4) is 0 Å². The predicted octanol–water partition coefficient (Wildman–Crippen LogP) is 5.69. The van der Waals surface area contributed by atoms with Crippen LogP contribution in [-0.4, -0.2) is 44.2 Å². The molecule has 1 unspecified atom stereocenters. The van der Waals surface area contributed by atoms with Gasteiger partial charge in [-0.2, -0.15) is 20.4 Å². The molecule has 0 bridgehead atoms. The Labute approximate surface area is 268 Å². The molecule has 1 aliphatic rings. The second-order valence-electron chi connectivity index (χ2n) is 11.9. The number of hydrogen-bond donors (Lipinski definition) is 1. The summed E-state index contributed by atoms with van der Waals surface area (Å²) in [5.74, 6) is -0.166. The molecule has 13 nitrogen and oxygen atoms in total. The Morgan fingerprint density at radius 2 is 1.73 bits per heavy atom. The first-order chi connectivity index (χ1) is 21.4. The van der Waals surface area contributed by atoms with Crippen LogP contribution in [0.2, 0.25) is 5.15 Å². The summed E-state index contributed by atoms with van der Waals surface area (Å²) in [5.41, 5.74) is 9.82. The smallest absolute Gasteiger partial charge is 0.341 e. The van der Waals surface area contributed by atoms with Crippen molar-refractivity contribution in [2.45, 2.75) is 112 Å². The number of rotatable bonds is 12. The Hall–Kier alpha value is -4.13. The first-order valence-corrected chi connectivity index (χ1v) is 16.3. The predicted molar refractivity (Wildman–Crippen MR) is 174 cm³/mol. The second-order valence-corrected chi connectivity index (χ2v) is 12.3. The van der Waals surface area contributed by atoms with Crippen molar-refractivity contribution in [3.63, 3.8) is 0 Å². The normalized spacial score (nSPS) is 16.6. The van der Waals surface area contributed by atoms with E-state index >= 15 is 0 Å².